The fraction of sp³-hybridized carbons (Fsp3) is 0.556. The zero-order valence-corrected chi connectivity index (χ0v) is 13.8. The summed E-state index contributed by atoms with van der Waals surface area (Å²) >= 11 is 0. The molecule has 0 saturated carbocycles. The van der Waals surface area contributed by atoms with E-state index in [1.54, 1.807) is 6.08 Å². The van der Waals surface area contributed by atoms with Crippen molar-refractivity contribution in [3.8, 4) is 0 Å². The van der Waals surface area contributed by atoms with Gasteiger partial charge in [-0.3, -0.25) is 0 Å². The number of likely N-dealkylation sites (N-methyl/N-ethyl adjacent to an activating group) is 1. The first-order valence-electron chi connectivity index (χ1n) is 7.60. The van der Waals surface area contributed by atoms with Crippen LogP contribution in [0.25, 0.3) is 0 Å². The van der Waals surface area contributed by atoms with Gasteiger partial charge in [0, 0.05) is 9.67 Å². The van der Waals surface area contributed by atoms with E-state index in [0.29, 0.717) is 11.6 Å². The number of hydrogen-bond acceptors (Lipinski definition) is 1. The molecule has 0 bridgehead atoms. The summed E-state index contributed by atoms with van der Waals surface area (Å²) in [5, 5.41) is 0. The maximum Gasteiger partial charge on any atom is 0.258 e. The van der Waals surface area contributed by atoms with Crippen molar-refractivity contribution in [2.75, 3.05) is 7.05 Å². The van der Waals surface area contributed by atoms with E-state index in [-0.39, 0.29) is 0 Å². The highest BCUT2D eigenvalue weighted by Crippen LogP contribution is 2.25. The molecular formula is C18H30NO+. The first kappa shape index (κ1) is 18.6. The normalized spacial score (nSPS) is 13.8. The Balaban J connectivity index is 5.41. The Morgan fingerprint density at radius 1 is 1.25 bits per heavy atom. The molecule has 0 aliphatic carbocycles. The van der Waals surface area contributed by atoms with Crippen molar-refractivity contribution < 1.29 is 4.76 Å². The van der Waals surface area contributed by atoms with E-state index in [1.165, 1.54) is 38.3 Å². The topological polar surface area (TPSA) is 20.1 Å². The van der Waals surface area contributed by atoms with Crippen molar-refractivity contribution in [3.63, 3.8) is 0 Å². The number of nitrogens with zero attached hydrogens (tertiary/aromatic N) is 1. The van der Waals surface area contributed by atoms with Gasteiger partial charge in [-0.15, -0.1) is 0 Å². The molecule has 2 heteroatoms. The number of nitroso groups, excluding NO2 is 1. The van der Waals surface area contributed by atoms with E-state index in [1.807, 2.05) is 19.1 Å². The third kappa shape index (κ3) is 6.14. The number of rotatable bonds is 9. The average molecular weight is 276 g/mol. The largest absolute Gasteiger partial charge is 0.258 e. The second-order valence-corrected chi connectivity index (χ2v) is 5.19. The third-order valence-electron chi connectivity index (χ3n) is 3.51. The zero-order chi connectivity index (χ0) is 15.5. The summed E-state index contributed by atoms with van der Waals surface area (Å²) in [7, 11) is 1.53. The lowest BCUT2D eigenvalue weighted by Crippen LogP contribution is -2.06. The molecule has 0 aliphatic heterocycles. The third-order valence-corrected chi connectivity index (χ3v) is 3.51. The highest BCUT2D eigenvalue weighted by atomic mass is 16.3. The SMILES string of the molecule is C=C/C=C(/C=C(/C)C(CCC)CCC)C(=C/C)\[N+](C)=O. The fourth-order valence-corrected chi connectivity index (χ4v) is 2.52. The predicted molar refractivity (Wildman–Crippen MR) is 88.7 cm³/mol. The van der Waals surface area contributed by atoms with Gasteiger partial charge >= 0.3 is 0 Å². The molecule has 0 aromatic heterocycles. The van der Waals surface area contributed by atoms with Crippen LogP contribution in [0, 0.1) is 10.8 Å². The van der Waals surface area contributed by atoms with E-state index in [2.05, 4.69) is 33.4 Å². The lowest BCUT2D eigenvalue weighted by atomic mass is 9.89. The molecule has 0 atom stereocenters. The van der Waals surface area contributed by atoms with Crippen molar-refractivity contribution in [3.05, 3.63) is 52.6 Å². The fourth-order valence-electron chi connectivity index (χ4n) is 2.52. The molecule has 0 fully saturated rings. The van der Waals surface area contributed by atoms with Crippen LogP contribution in [0.2, 0.25) is 0 Å². The summed E-state index contributed by atoms with van der Waals surface area (Å²) in [6.45, 7) is 12.3. The minimum Gasteiger partial charge on any atom is -0.0990 e. The monoisotopic (exact) mass is 276 g/mol. The zero-order valence-electron chi connectivity index (χ0n) is 13.8. The minimum absolute atomic E-state index is 0.605. The van der Waals surface area contributed by atoms with Gasteiger partial charge in [0.25, 0.3) is 5.70 Å². The summed E-state index contributed by atoms with van der Waals surface area (Å²) in [6, 6.07) is 0. The molecule has 0 rings (SSSR count). The van der Waals surface area contributed by atoms with E-state index in [4.69, 9.17) is 0 Å². The van der Waals surface area contributed by atoms with Gasteiger partial charge < -0.3 is 0 Å². The van der Waals surface area contributed by atoms with Crippen molar-refractivity contribution in [1.82, 2.24) is 0 Å². The predicted octanol–water partition coefficient (Wildman–Crippen LogP) is 5.57. The van der Waals surface area contributed by atoms with E-state index < -0.39 is 0 Å². The van der Waals surface area contributed by atoms with E-state index in [0.717, 1.165) is 10.3 Å². The molecule has 0 spiro atoms. The molecule has 0 aromatic rings. The molecule has 112 valence electrons. The van der Waals surface area contributed by atoms with Gasteiger partial charge in [0.1, 0.15) is 0 Å². The molecule has 20 heavy (non-hydrogen) atoms. The average Bonchev–Trinajstić information content (AvgIpc) is 2.39. The Bertz CT molecular complexity index is 407. The summed E-state index contributed by atoms with van der Waals surface area (Å²) in [4.78, 5) is 11.6. The van der Waals surface area contributed by atoms with Crippen molar-refractivity contribution in [2.24, 2.45) is 5.92 Å². The van der Waals surface area contributed by atoms with Crippen LogP contribution in [0.4, 0.5) is 0 Å². The summed E-state index contributed by atoms with van der Waals surface area (Å²) in [5.41, 5.74) is 2.98. The van der Waals surface area contributed by atoms with Crippen molar-refractivity contribution in [1.29, 1.82) is 0 Å². The van der Waals surface area contributed by atoms with Crippen LogP contribution in [0.3, 0.4) is 0 Å². The molecule has 0 radical (unpaired) electrons. The van der Waals surface area contributed by atoms with Crippen LogP contribution in [0.1, 0.15) is 53.4 Å². The van der Waals surface area contributed by atoms with Crippen LogP contribution in [-0.2, 0) is 0 Å². The van der Waals surface area contributed by atoms with E-state index in [9.17, 15) is 4.91 Å². The Hall–Kier alpha value is -1.44. The maximum atomic E-state index is 11.6. The number of hydrogen-bond donors (Lipinski definition) is 0. The van der Waals surface area contributed by atoms with Crippen LogP contribution in [-0.4, -0.2) is 11.8 Å². The van der Waals surface area contributed by atoms with Gasteiger partial charge in [0.05, 0.1) is 5.57 Å². The van der Waals surface area contributed by atoms with E-state index >= 15 is 0 Å². The molecule has 0 heterocycles. The van der Waals surface area contributed by atoms with Crippen LogP contribution in [0.15, 0.2) is 47.7 Å². The molecule has 0 amide bonds. The Morgan fingerprint density at radius 3 is 2.15 bits per heavy atom. The second kappa shape index (κ2) is 10.4. The molecule has 0 aromatic carbocycles. The Kier molecular flexibility index (Phi) is 9.61. The van der Waals surface area contributed by atoms with Gasteiger partial charge in [0.15, 0.2) is 7.05 Å². The first-order chi connectivity index (χ1) is 9.51. The Morgan fingerprint density at radius 2 is 1.80 bits per heavy atom. The van der Waals surface area contributed by atoms with Gasteiger partial charge in [-0.2, -0.15) is 0 Å². The van der Waals surface area contributed by atoms with Crippen LogP contribution in [0.5, 0.6) is 0 Å². The molecule has 0 saturated heterocycles. The minimum atomic E-state index is 0.605. The molecule has 2 nitrogen and oxygen atoms in total. The highest BCUT2D eigenvalue weighted by Gasteiger charge is 2.16. The van der Waals surface area contributed by atoms with Gasteiger partial charge in [0.2, 0.25) is 0 Å². The lowest BCUT2D eigenvalue weighted by Gasteiger charge is -2.16. The Labute approximate surface area is 124 Å². The van der Waals surface area contributed by atoms with Crippen molar-refractivity contribution in [2.45, 2.75) is 53.4 Å². The van der Waals surface area contributed by atoms with Gasteiger partial charge in [-0.1, -0.05) is 44.9 Å². The molecule has 0 N–H and O–H groups in total. The van der Waals surface area contributed by atoms with Crippen LogP contribution >= 0.6 is 0 Å². The highest BCUT2D eigenvalue weighted by molar-refractivity contribution is 5.39. The van der Waals surface area contributed by atoms with Crippen molar-refractivity contribution >= 4 is 0 Å². The van der Waals surface area contributed by atoms with Crippen LogP contribution < -0.4 is 0 Å². The van der Waals surface area contributed by atoms with Gasteiger partial charge in [-0.05, 0) is 50.8 Å². The first-order valence-corrected chi connectivity index (χ1v) is 7.60. The summed E-state index contributed by atoms with van der Waals surface area (Å²) in [6.07, 6.45) is 12.4. The second-order valence-electron chi connectivity index (χ2n) is 5.19. The number of allylic oxidation sites excluding steroid dienone is 5. The quantitative estimate of drug-likeness (QED) is 0.398. The lowest BCUT2D eigenvalue weighted by molar-refractivity contribution is -0.462. The molecule has 0 unspecified atom stereocenters. The summed E-state index contributed by atoms with van der Waals surface area (Å²) in [5.74, 6) is 0.605. The maximum absolute atomic E-state index is 11.6. The standard InChI is InChI=1S/C18H30NO/c1-7-11-16(12-8-2)15(5)14-17(13-9-3)18(10-4)19(6)20/h9-10,13-14,16H,3,7-8,11-12H2,1-2,4-6H3/q+1/b15-14-,17-13-,18-10+. The molecular weight excluding hydrogens is 246 g/mol. The summed E-state index contributed by atoms with van der Waals surface area (Å²) < 4.78 is 0.910. The van der Waals surface area contributed by atoms with Gasteiger partial charge in [-0.25, -0.2) is 0 Å². The molecule has 0 aliphatic rings. The smallest absolute Gasteiger partial charge is 0.0990 e.